The molecule has 0 fully saturated rings. The number of hydrogen-bond donors (Lipinski definition) is 0. The van der Waals surface area contributed by atoms with Crippen molar-refractivity contribution in [3.05, 3.63) is 46.4 Å². The number of pyridine rings is 1. The molecular formula is C18H23NO4S. The van der Waals surface area contributed by atoms with Crippen LogP contribution in [-0.4, -0.2) is 25.8 Å². The highest BCUT2D eigenvalue weighted by Gasteiger charge is 2.13. The molecule has 0 aliphatic heterocycles. The molecule has 2 aromatic rings. The summed E-state index contributed by atoms with van der Waals surface area (Å²) in [6, 6.07) is 6.73. The normalized spacial score (nSPS) is 11.5. The van der Waals surface area contributed by atoms with Gasteiger partial charge in [0, 0.05) is 25.1 Å². The Morgan fingerprint density at radius 1 is 1.12 bits per heavy atom. The van der Waals surface area contributed by atoms with Crippen LogP contribution in [0.15, 0.2) is 40.2 Å². The zero-order valence-electron chi connectivity index (χ0n) is 14.5. The van der Waals surface area contributed by atoms with Gasteiger partial charge in [0.25, 0.3) is 5.56 Å². The minimum atomic E-state index is -3.36. The molecule has 0 atom stereocenters. The van der Waals surface area contributed by atoms with Crippen LogP contribution in [0.3, 0.4) is 0 Å². The summed E-state index contributed by atoms with van der Waals surface area (Å²) in [5, 5.41) is 0. The van der Waals surface area contributed by atoms with E-state index in [0.717, 1.165) is 18.4 Å². The largest absolute Gasteiger partial charge is 0.494 e. The molecule has 0 aliphatic carbocycles. The zero-order valence-corrected chi connectivity index (χ0v) is 15.3. The van der Waals surface area contributed by atoms with Crippen molar-refractivity contribution >= 4 is 9.84 Å². The topological polar surface area (TPSA) is 65.4 Å². The molecule has 5 nitrogen and oxygen atoms in total. The van der Waals surface area contributed by atoms with Crippen LogP contribution in [0.1, 0.15) is 25.3 Å². The van der Waals surface area contributed by atoms with Gasteiger partial charge in [-0.05, 0) is 48.7 Å². The minimum Gasteiger partial charge on any atom is -0.494 e. The van der Waals surface area contributed by atoms with Crippen molar-refractivity contribution in [2.45, 2.75) is 31.6 Å². The quantitative estimate of drug-likeness (QED) is 0.752. The van der Waals surface area contributed by atoms with E-state index in [1.165, 1.54) is 10.8 Å². The summed E-state index contributed by atoms with van der Waals surface area (Å²) >= 11 is 0. The Hall–Kier alpha value is -2.08. The van der Waals surface area contributed by atoms with Crippen LogP contribution >= 0.6 is 0 Å². The van der Waals surface area contributed by atoms with E-state index in [1.807, 2.05) is 6.07 Å². The summed E-state index contributed by atoms with van der Waals surface area (Å²) in [7, 11) is -1.68. The Morgan fingerprint density at radius 2 is 1.83 bits per heavy atom. The summed E-state index contributed by atoms with van der Waals surface area (Å²) in [6.07, 6.45) is 4.77. The monoisotopic (exact) mass is 349 g/mol. The maximum absolute atomic E-state index is 12.0. The summed E-state index contributed by atoms with van der Waals surface area (Å²) in [4.78, 5) is 12.1. The Labute approximate surface area is 142 Å². The standard InChI is InChI=1S/C18H23NO4S/c1-5-6-7-23-16-9-14(10-17(11-16)24(4,21)22)15-8-13(2)18(20)19(3)12-15/h8-12H,5-7H2,1-4H3. The first-order chi connectivity index (χ1) is 11.2. The van der Waals surface area contributed by atoms with Gasteiger partial charge in [0.1, 0.15) is 5.75 Å². The predicted molar refractivity (Wildman–Crippen MR) is 95.4 cm³/mol. The third-order valence-corrected chi connectivity index (χ3v) is 4.86. The molecule has 0 amide bonds. The molecule has 0 unspecified atom stereocenters. The Morgan fingerprint density at radius 3 is 2.42 bits per heavy atom. The maximum Gasteiger partial charge on any atom is 0.253 e. The van der Waals surface area contributed by atoms with Crippen molar-refractivity contribution in [2.75, 3.05) is 12.9 Å². The van der Waals surface area contributed by atoms with Gasteiger partial charge in [0.15, 0.2) is 9.84 Å². The van der Waals surface area contributed by atoms with Crippen molar-refractivity contribution in [1.82, 2.24) is 4.57 Å². The number of nitrogens with zero attached hydrogens (tertiary/aromatic N) is 1. The van der Waals surface area contributed by atoms with Gasteiger partial charge >= 0.3 is 0 Å². The smallest absolute Gasteiger partial charge is 0.253 e. The molecule has 130 valence electrons. The number of aromatic nitrogens is 1. The molecule has 1 aromatic heterocycles. The van der Waals surface area contributed by atoms with Gasteiger partial charge in [0.05, 0.1) is 11.5 Å². The van der Waals surface area contributed by atoms with Crippen LogP contribution in [0, 0.1) is 6.92 Å². The molecule has 6 heteroatoms. The molecule has 0 spiro atoms. The number of benzene rings is 1. The average Bonchev–Trinajstić information content (AvgIpc) is 2.51. The van der Waals surface area contributed by atoms with Crippen molar-refractivity contribution in [2.24, 2.45) is 7.05 Å². The molecule has 2 rings (SSSR count). The van der Waals surface area contributed by atoms with Crippen LogP contribution in [0.4, 0.5) is 0 Å². The van der Waals surface area contributed by atoms with Crippen LogP contribution in [0.2, 0.25) is 0 Å². The van der Waals surface area contributed by atoms with E-state index in [1.54, 1.807) is 38.4 Å². The van der Waals surface area contributed by atoms with Crippen LogP contribution < -0.4 is 10.3 Å². The van der Waals surface area contributed by atoms with Gasteiger partial charge in [-0.25, -0.2) is 8.42 Å². The molecular weight excluding hydrogens is 326 g/mol. The van der Waals surface area contributed by atoms with Crippen molar-refractivity contribution < 1.29 is 13.2 Å². The van der Waals surface area contributed by atoms with Gasteiger partial charge in [0.2, 0.25) is 0 Å². The fourth-order valence-corrected chi connectivity index (χ4v) is 3.08. The molecule has 1 aromatic carbocycles. The molecule has 0 saturated carbocycles. The number of ether oxygens (including phenoxy) is 1. The fourth-order valence-electron chi connectivity index (χ4n) is 2.41. The van der Waals surface area contributed by atoms with E-state index in [9.17, 15) is 13.2 Å². The third-order valence-electron chi connectivity index (χ3n) is 3.77. The first-order valence-corrected chi connectivity index (χ1v) is 9.77. The highest BCUT2D eigenvalue weighted by Crippen LogP contribution is 2.28. The first-order valence-electron chi connectivity index (χ1n) is 7.88. The molecule has 0 bridgehead atoms. The maximum atomic E-state index is 12.0. The van der Waals surface area contributed by atoms with Gasteiger partial charge in [-0.1, -0.05) is 13.3 Å². The molecule has 24 heavy (non-hydrogen) atoms. The summed E-state index contributed by atoms with van der Waals surface area (Å²) < 4.78 is 31.1. The second-order valence-corrected chi connectivity index (χ2v) is 8.01. The van der Waals surface area contributed by atoms with Gasteiger partial charge in [-0.15, -0.1) is 0 Å². The van der Waals surface area contributed by atoms with E-state index < -0.39 is 9.84 Å². The lowest BCUT2D eigenvalue weighted by atomic mass is 10.1. The molecule has 1 heterocycles. The van der Waals surface area contributed by atoms with Crippen LogP contribution in [0.5, 0.6) is 5.75 Å². The zero-order chi connectivity index (χ0) is 17.9. The number of aryl methyl sites for hydroxylation is 2. The van der Waals surface area contributed by atoms with Crippen molar-refractivity contribution in [3.63, 3.8) is 0 Å². The summed E-state index contributed by atoms with van der Waals surface area (Å²) in [5.74, 6) is 0.521. The molecule has 0 aliphatic rings. The van der Waals surface area contributed by atoms with Crippen LogP contribution in [0.25, 0.3) is 11.1 Å². The Balaban J connectivity index is 2.56. The number of rotatable bonds is 6. The van der Waals surface area contributed by atoms with Gasteiger partial charge < -0.3 is 9.30 Å². The third kappa shape index (κ3) is 4.26. The van der Waals surface area contributed by atoms with E-state index in [-0.39, 0.29) is 10.5 Å². The van der Waals surface area contributed by atoms with Crippen molar-refractivity contribution in [1.29, 1.82) is 0 Å². The lowest BCUT2D eigenvalue weighted by Crippen LogP contribution is -2.18. The molecule has 0 radical (unpaired) electrons. The predicted octanol–water partition coefficient (Wildman–Crippen LogP) is 2.94. The highest BCUT2D eigenvalue weighted by molar-refractivity contribution is 7.90. The SMILES string of the molecule is CCCCOc1cc(-c2cc(C)c(=O)n(C)c2)cc(S(C)(=O)=O)c1. The second kappa shape index (κ2) is 7.21. The van der Waals surface area contributed by atoms with Crippen molar-refractivity contribution in [3.8, 4) is 16.9 Å². The number of unbranched alkanes of at least 4 members (excludes halogenated alkanes) is 1. The Kier molecular flexibility index (Phi) is 5.49. The van der Waals surface area contributed by atoms with E-state index in [4.69, 9.17) is 4.74 Å². The number of sulfone groups is 1. The lowest BCUT2D eigenvalue weighted by molar-refractivity contribution is 0.309. The minimum absolute atomic E-state index is 0.0718. The van der Waals surface area contributed by atoms with E-state index in [0.29, 0.717) is 23.5 Å². The van der Waals surface area contributed by atoms with E-state index in [2.05, 4.69) is 6.92 Å². The molecule has 0 saturated heterocycles. The van der Waals surface area contributed by atoms with Crippen LogP contribution in [-0.2, 0) is 16.9 Å². The summed E-state index contributed by atoms with van der Waals surface area (Å²) in [5.41, 5.74) is 2.02. The second-order valence-electron chi connectivity index (χ2n) is 6.00. The fraction of sp³-hybridized carbons (Fsp3) is 0.389. The Bertz CT molecular complexity index is 871. The first kappa shape index (κ1) is 18.3. The van der Waals surface area contributed by atoms with E-state index >= 15 is 0 Å². The van der Waals surface area contributed by atoms with Gasteiger partial charge in [-0.3, -0.25) is 4.79 Å². The van der Waals surface area contributed by atoms with Gasteiger partial charge in [-0.2, -0.15) is 0 Å². The lowest BCUT2D eigenvalue weighted by Gasteiger charge is -2.12. The average molecular weight is 349 g/mol. The highest BCUT2D eigenvalue weighted by atomic mass is 32.2. The number of hydrogen-bond acceptors (Lipinski definition) is 4. The summed E-state index contributed by atoms with van der Waals surface area (Å²) in [6.45, 7) is 4.34. The molecule has 0 N–H and O–H groups in total.